The first-order valence-electron chi connectivity index (χ1n) is 23.3. The van der Waals surface area contributed by atoms with Gasteiger partial charge in [-0.2, -0.15) is 18.2 Å². The van der Waals surface area contributed by atoms with E-state index in [2.05, 4.69) is 126 Å². The molecular weight excluding hydrogens is 1060 g/mol. The van der Waals surface area contributed by atoms with Crippen molar-refractivity contribution in [3.8, 4) is 56.4 Å². The summed E-state index contributed by atoms with van der Waals surface area (Å²) in [7, 11) is 0. The van der Waals surface area contributed by atoms with Gasteiger partial charge < -0.3 is 23.3 Å². The molecule has 13 rings (SSSR count). The zero-order chi connectivity index (χ0) is 47.3. The van der Waals surface area contributed by atoms with Crippen LogP contribution >= 0.6 is 0 Å². The number of rotatable bonds is 7. The van der Waals surface area contributed by atoms with Gasteiger partial charge in [-0.3, -0.25) is 9.59 Å². The first-order chi connectivity index (χ1) is 34.1. The molecule has 344 valence electrons. The van der Waals surface area contributed by atoms with E-state index in [9.17, 15) is 4.79 Å². The van der Waals surface area contributed by atoms with E-state index >= 15 is 4.79 Å². The molecule has 0 radical (unpaired) electrons. The van der Waals surface area contributed by atoms with E-state index < -0.39 is 0 Å². The maximum atomic E-state index is 15.1. The Kier molecular flexibility index (Phi) is 10.4. The smallest absolute Gasteiger partial charge is 0.239 e. The molecule has 0 aliphatic rings. The van der Waals surface area contributed by atoms with Crippen molar-refractivity contribution in [1.29, 1.82) is 0 Å². The minimum atomic E-state index is -0.130. The number of hydrogen-bond donors (Lipinski definition) is 0. The van der Waals surface area contributed by atoms with Crippen LogP contribution in [0, 0.1) is 18.5 Å². The minimum absolute atomic E-state index is 0. The molecular formula is C62H41N5O3Pt-2. The molecule has 1 N–H and O–H groups in total. The minimum Gasteiger partial charge on any atom is -0.510 e. The van der Waals surface area contributed by atoms with Gasteiger partial charge in [-0.15, -0.1) is 29.7 Å². The summed E-state index contributed by atoms with van der Waals surface area (Å²) in [4.78, 5) is 38.0. The molecule has 0 spiro atoms. The van der Waals surface area contributed by atoms with Crippen molar-refractivity contribution in [2.24, 2.45) is 0 Å². The third-order valence-electron chi connectivity index (χ3n) is 13.6. The van der Waals surface area contributed by atoms with Gasteiger partial charge in [-0.25, -0.2) is 4.98 Å². The van der Waals surface area contributed by atoms with Gasteiger partial charge in [-0.05, 0) is 104 Å². The second kappa shape index (κ2) is 16.9. The summed E-state index contributed by atoms with van der Waals surface area (Å²) >= 11 is 0. The first-order valence-corrected chi connectivity index (χ1v) is 23.3. The number of ether oxygens (including phenoxy) is 1. The Morgan fingerprint density at radius 2 is 1.17 bits per heavy atom. The summed E-state index contributed by atoms with van der Waals surface area (Å²) in [6.07, 6.45) is 8.56. The van der Waals surface area contributed by atoms with E-state index in [4.69, 9.17) is 9.72 Å². The van der Waals surface area contributed by atoms with Gasteiger partial charge in [0.05, 0.1) is 16.6 Å². The Morgan fingerprint density at radius 3 is 1.89 bits per heavy atom. The third-order valence-corrected chi connectivity index (χ3v) is 13.6. The molecule has 0 saturated carbocycles. The average Bonchev–Trinajstić information content (AvgIpc) is 4.06. The van der Waals surface area contributed by atoms with Crippen LogP contribution in [0.15, 0.2) is 198 Å². The van der Waals surface area contributed by atoms with Crippen LogP contribution in [0.3, 0.4) is 0 Å². The van der Waals surface area contributed by atoms with Crippen molar-refractivity contribution in [3.05, 3.63) is 233 Å². The van der Waals surface area contributed by atoms with Crippen LogP contribution in [0.5, 0.6) is 11.5 Å². The van der Waals surface area contributed by atoms with Crippen molar-refractivity contribution in [2.45, 2.75) is 26.2 Å². The van der Waals surface area contributed by atoms with Crippen LogP contribution in [0.25, 0.3) is 105 Å². The molecule has 5 aromatic heterocycles. The quantitative estimate of drug-likeness (QED) is 0.0904. The molecule has 0 amide bonds. The number of nitrogens with one attached hydrogen (secondary N) is 1. The molecule has 0 bridgehead atoms. The number of hydrogen-bond acceptors (Lipinski definition) is 4. The predicted molar refractivity (Wildman–Crippen MR) is 280 cm³/mol. The maximum Gasteiger partial charge on any atom is 0.239 e. The summed E-state index contributed by atoms with van der Waals surface area (Å²) in [5, 5.41) is 3.99. The Bertz CT molecular complexity index is 4350. The number of imidazole rings is 1. The Morgan fingerprint density at radius 1 is 0.535 bits per heavy atom. The number of aromatic amines is 1. The van der Waals surface area contributed by atoms with Crippen LogP contribution in [-0.2, 0) is 26.5 Å². The first kappa shape index (κ1) is 43.8. The molecule has 0 aliphatic carbocycles. The maximum absolute atomic E-state index is 15.1. The van der Waals surface area contributed by atoms with E-state index in [1.807, 2.05) is 114 Å². The molecule has 71 heavy (non-hydrogen) atoms. The Balaban J connectivity index is 0.00000517. The molecule has 8 aromatic carbocycles. The van der Waals surface area contributed by atoms with E-state index in [-0.39, 0.29) is 37.3 Å². The van der Waals surface area contributed by atoms with Crippen LogP contribution < -0.4 is 20.6 Å². The molecule has 0 aliphatic heterocycles. The summed E-state index contributed by atoms with van der Waals surface area (Å²) in [5.74, 6) is 1.80. The summed E-state index contributed by atoms with van der Waals surface area (Å²) < 4.78 is 12.5. The number of benzene rings is 8. The van der Waals surface area contributed by atoms with Crippen LogP contribution in [0.2, 0.25) is 0 Å². The summed E-state index contributed by atoms with van der Waals surface area (Å²) in [5.41, 5.74) is 10.9. The Hall–Kier alpha value is -8.45. The standard InChI is InChI=1S/C62H41N5O3.Pt/c1-62(2,3)44-25-26-64-58(34-44)66-54-23-19-41(29-50(54)48-22-20-47(36-57(48)66)70-46-16-10-15-45(35-46)65-28-27-63-37-65)43-31-52-59-53(32-43)61(69)51-30-40(38-11-6-4-7-12-38)18-24-55(51)67(59)56-33-42(17-21-49(56)60(52)68)39-13-8-5-9-14-39;/h4-34,63H,1-3H3;/q-2;. The molecule has 0 fully saturated rings. The van der Waals surface area contributed by atoms with Crippen molar-refractivity contribution < 1.29 is 30.8 Å². The third kappa shape index (κ3) is 7.33. The SMILES string of the molecule is CC(C)(C)c1ccnc(-n2c3[c-]c(Oc4[c-]c(-n5[c-][nH+]cc5)ccc4)ccc3c3cc(-c4cc5c(=O)c6cc(-c7ccccc7)ccc6n6c7cc(-c8ccccc8)ccc7c(=O)c(c4)c56)ccc32)c1.[Pt]. The van der Waals surface area contributed by atoms with Gasteiger partial charge >= 0.3 is 0 Å². The fraction of sp³-hybridized carbons (Fsp3) is 0.0645. The number of fused-ring (bicyclic) bond motifs is 7. The molecule has 0 saturated heterocycles. The van der Waals surface area contributed by atoms with E-state index in [1.165, 1.54) is 0 Å². The largest absolute Gasteiger partial charge is 0.510 e. The summed E-state index contributed by atoms with van der Waals surface area (Å²) in [6.45, 7) is 6.58. The summed E-state index contributed by atoms with van der Waals surface area (Å²) in [6, 6.07) is 63.4. The van der Waals surface area contributed by atoms with Gasteiger partial charge in [-0.1, -0.05) is 117 Å². The van der Waals surface area contributed by atoms with Crippen LogP contribution in [0.1, 0.15) is 26.3 Å². The molecule has 0 unspecified atom stereocenters. The van der Waals surface area contributed by atoms with Crippen molar-refractivity contribution in [2.75, 3.05) is 0 Å². The Labute approximate surface area is 422 Å². The normalized spacial score (nSPS) is 11.9. The van der Waals surface area contributed by atoms with Gasteiger partial charge in [0.1, 0.15) is 5.82 Å². The number of nitrogens with zero attached hydrogens (tertiary/aromatic N) is 4. The van der Waals surface area contributed by atoms with E-state index in [1.54, 1.807) is 6.20 Å². The van der Waals surface area contributed by atoms with Crippen molar-refractivity contribution >= 4 is 59.9 Å². The second-order valence-corrected chi connectivity index (χ2v) is 18.9. The van der Waals surface area contributed by atoms with Gasteiger partial charge in [0.15, 0.2) is 10.9 Å². The molecule has 5 heterocycles. The van der Waals surface area contributed by atoms with Crippen LogP contribution in [-0.4, -0.2) is 18.5 Å². The number of H-pyrrole nitrogens is 1. The van der Waals surface area contributed by atoms with Gasteiger partial charge in [0, 0.05) is 78.2 Å². The monoisotopic (exact) mass is 1100 g/mol. The zero-order valence-corrected chi connectivity index (χ0v) is 41.0. The zero-order valence-electron chi connectivity index (χ0n) is 38.7. The topological polar surface area (TPSA) is 84.7 Å². The molecule has 0 atom stereocenters. The fourth-order valence-electron chi connectivity index (χ4n) is 10.1. The van der Waals surface area contributed by atoms with Gasteiger partial charge in [0.2, 0.25) is 6.33 Å². The molecule has 8 nitrogen and oxygen atoms in total. The second-order valence-electron chi connectivity index (χ2n) is 18.9. The van der Waals surface area contributed by atoms with Crippen molar-refractivity contribution in [3.63, 3.8) is 0 Å². The predicted octanol–water partition coefficient (Wildman–Crippen LogP) is 13.1. The van der Waals surface area contributed by atoms with E-state index in [0.29, 0.717) is 38.6 Å². The number of pyridine rings is 3. The molecule has 13 aromatic rings. The van der Waals surface area contributed by atoms with Crippen LogP contribution in [0.4, 0.5) is 0 Å². The van der Waals surface area contributed by atoms with E-state index in [0.717, 1.165) is 83.3 Å². The van der Waals surface area contributed by atoms with Crippen molar-refractivity contribution in [1.82, 2.24) is 18.5 Å². The average molecular weight is 1100 g/mol. The molecule has 9 heteroatoms. The van der Waals surface area contributed by atoms with Gasteiger partial charge in [0.25, 0.3) is 0 Å². The fourth-order valence-corrected chi connectivity index (χ4v) is 10.1. The number of aromatic nitrogens is 5.